The van der Waals surface area contributed by atoms with Gasteiger partial charge >= 0.3 is 0 Å². The monoisotopic (exact) mass is 662 g/mol. The lowest BCUT2D eigenvalue weighted by atomic mass is 9.98. The third-order valence-corrected chi connectivity index (χ3v) is 10.1. The van der Waals surface area contributed by atoms with E-state index < -0.39 is 18.0 Å². The number of halogens is 1. The Labute approximate surface area is 284 Å². The molecule has 8 rings (SSSR count). The molecule has 49 heavy (non-hydrogen) atoms. The van der Waals surface area contributed by atoms with Crippen molar-refractivity contribution in [3.63, 3.8) is 0 Å². The van der Waals surface area contributed by atoms with E-state index in [0.29, 0.717) is 48.7 Å². The molecule has 11 heteroatoms. The van der Waals surface area contributed by atoms with Crippen LogP contribution in [0.4, 0.5) is 4.39 Å². The van der Waals surface area contributed by atoms with E-state index in [9.17, 15) is 14.0 Å². The number of benzene rings is 3. The van der Waals surface area contributed by atoms with Crippen molar-refractivity contribution in [1.29, 1.82) is 0 Å². The quantitative estimate of drug-likeness (QED) is 0.228. The Morgan fingerprint density at radius 3 is 2.71 bits per heavy atom. The van der Waals surface area contributed by atoms with Crippen molar-refractivity contribution < 1.29 is 23.5 Å². The van der Waals surface area contributed by atoms with E-state index >= 15 is 0 Å². The van der Waals surface area contributed by atoms with Gasteiger partial charge < -0.3 is 19.3 Å². The third kappa shape index (κ3) is 5.70. The van der Waals surface area contributed by atoms with Gasteiger partial charge in [-0.1, -0.05) is 24.3 Å². The highest BCUT2D eigenvalue weighted by Gasteiger charge is 2.43. The van der Waals surface area contributed by atoms with Crippen molar-refractivity contribution in [2.45, 2.75) is 57.1 Å². The zero-order chi connectivity index (χ0) is 33.6. The van der Waals surface area contributed by atoms with Crippen molar-refractivity contribution in [2.24, 2.45) is 7.05 Å². The molecule has 0 unspecified atom stereocenters. The molecule has 0 aliphatic carbocycles. The lowest BCUT2D eigenvalue weighted by Crippen LogP contribution is -2.47. The first kappa shape index (κ1) is 31.1. The molecule has 5 aromatic rings. The lowest BCUT2D eigenvalue weighted by molar-refractivity contribution is -0.134. The predicted octanol–water partition coefficient (Wildman–Crippen LogP) is 5.74. The van der Waals surface area contributed by atoms with Crippen LogP contribution in [0.1, 0.15) is 53.8 Å². The molecule has 4 bridgehead atoms. The van der Waals surface area contributed by atoms with Crippen molar-refractivity contribution in [1.82, 2.24) is 29.4 Å². The maximum absolute atomic E-state index is 14.6. The summed E-state index contributed by atoms with van der Waals surface area (Å²) in [4.78, 5) is 32.1. The van der Waals surface area contributed by atoms with Crippen LogP contribution < -0.4 is 9.47 Å². The van der Waals surface area contributed by atoms with Gasteiger partial charge in [0.25, 0.3) is 5.91 Å². The number of likely N-dealkylation sites (tertiary alicyclic amines) is 1. The summed E-state index contributed by atoms with van der Waals surface area (Å²) in [5.74, 6) is 0.293. The van der Waals surface area contributed by atoms with Gasteiger partial charge in [0.05, 0.1) is 36.1 Å². The molecule has 2 amide bonds. The molecule has 0 N–H and O–H groups in total. The number of aromatic nitrogens is 4. The van der Waals surface area contributed by atoms with Crippen molar-refractivity contribution in [3.8, 4) is 28.3 Å². The molecule has 5 heterocycles. The van der Waals surface area contributed by atoms with Gasteiger partial charge in [-0.3, -0.25) is 14.3 Å². The normalized spacial score (nSPS) is 19.7. The van der Waals surface area contributed by atoms with Crippen LogP contribution in [0, 0.1) is 5.82 Å². The van der Waals surface area contributed by atoms with Crippen LogP contribution in [0.25, 0.3) is 27.7 Å². The maximum Gasteiger partial charge on any atom is 0.258 e. The number of ether oxygens (including phenoxy) is 2. The SMILES string of the molecule is CN1CCCc2c3c(cccc3nn2C)-c2cccc(c2)O[C@H]2C[C@@H](C1=O)N(C(=O)c1cnn3c1CCCCCOc1cc(F)ccc1-3)C2. The lowest BCUT2D eigenvalue weighted by Gasteiger charge is -2.28. The van der Waals surface area contributed by atoms with Gasteiger partial charge in [0, 0.05) is 44.2 Å². The minimum atomic E-state index is -0.698. The molecule has 0 saturated carbocycles. The second kappa shape index (κ2) is 12.7. The average molecular weight is 663 g/mol. The second-order valence-electron chi connectivity index (χ2n) is 13.3. The molecule has 10 nitrogen and oxygen atoms in total. The summed E-state index contributed by atoms with van der Waals surface area (Å²) < 4.78 is 30.4. The Balaban J connectivity index is 1.15. The van der Waals surface area contributed by atoms with Crippen LogP contribution >= 0.6 is 0 Å². The maximum atomic E-state index is 14.6. The highest BCUT2D eigenvalue weighted by Crippen LogP contribution is 2.36. The Bertz CT molecular complexity index is 2070. The number of nitrogens with zero attached hydrogens (tertiary/aromatic N) is 6. The van der Waals surface area contributed by atoms with Crippen molar-refractivity contribution >= 4 is 22.7 Å². The predicted molar refractivity (Wildman–Crippen MR) is 183 cm³/mol. The number of carbonyl (C=O) groups excluding carboxylic acids is 2. The molecule has 3 aliphatic heterocycles. The molecule has 3 aliphatic rings. The minimum absolute atomic E-state index is 0.115. The Hall–Kier alpha value is -5.19. The van der Waals surface area contributed by atoms with Crippen LogP contribution in [-0.4, -0.2) is 80.1 Å². The first-order chi connectivity index (χ1) is 23.9. The van der Waals surface area contributed by atoms with Crippen molar-refractivity contribution in [2.75, 3.05) is 26.7 Å². The van der Waals surface area contributed by atoms with E-state index in [1.54, 1.807) is 26.7 Å². The number of likely N-dealkylation sites (N-methyl/N-ethyl adjacent to an activating group) is 1. The molecule has 2 atom stereocenters. The molecule has 2 aromatic heterocycles. The zero-order valence-electron chi connectivity index (χ0n) is 27.8. The van der Waals surface area contributed by atoms with Gasteiger partial charge in [-0.05, 0) is 80.0 Å². The number of amides is 2. The Morgan fingerprint density at radius 1 is 0.959 bits per heavy atom. The molecular formula is C38H39FN6O4. The topological polar surface area (TPSA) is 94.7 Å². The molecule has 1 saturated heterocycles. The number of hydrogen-bond donors (Lipinski definition) is 0. The summed E-state index contributed by atoms with van der Waals surface area (Å²) in [6.07, 6.45) is 6.20. The largest absolute Gasteiger partial charge is 0.491 e. The summed E-state index contributed by atoms with van der Waals surface area (Å²) in [5.41, 5.74) is 5.91. The minimum Gasteiger partial charge on any atom is -0.491 e. The van der Waals surface area contributed by atoms with E-state index in [1.165, 1.54) is 12.1 Å². The van der Waals surface area contributed by atoms with Crippen LogP contribution in [0.15, 0.2) is 66.9 Å². The van der Waals surface area contributed by atoms with E-state index in [2.05, 4.69) is 17.2 Å². The average Bonchev–Trinajstić information content (AvgIpc) is 3.80. The van der Waals surface area contributed by atoms with E-state index in [0.717, 1.165) is 65.5 Å². The fourth-order valence-electron chi connectivity index (χ4n) is 7.64. The number of aryl methyl sites for hydroxylation is 2. The molecule has 3 aromatic carbocycles. The van der Waals surface area contributed by atoms with Gasteiger partial charge in [-0.25, -0.2) is 9.07 Å². The Kier molecular flexibility index (Phi) is 8.05. The summed E-state index contributed by atoms with van der Waals surface area (Å²) in [6, 6.07) is 17.9. The summed E-state index contributed by atoms with van der Waals surface area (Å²) in [6.45, 7) is 1.26. The summed E-state index contributed by atoms with van der Waals surface area (Å²) in [5, 5.41) is 10.5. The number of hydrogen-bond acceptors (Lipinski definition) is 6. The number of fused-ring (bicyclic) bond motifs is 8. The standard InChI is InChI=1S/C38H39FN6O4/c1-42-17-8-14-33-36-28(11-7-12-30(36)41-43(33)2)24-9-6-10-26(19-24)49-27-21-34(38(42)47)44(23-27)37(46)29-22-40-45-31(29)13-4-3-5-18-48-35-20-25(39)15-16-32(35)45/h6-7,9-12,15-16,19-20,22,27,34H,3-5,8,13-14,17-18,21,23H2,1-2H3/t27-,34-/m0/s1. The Morgan fingerprint density at radius 2 is 1.82 bits per heavy atom. The highest BCUT2D eigenvalue weighted by atomic mass is 19.1. The van der Waals surface area contributed by atoms with Crippen LogP contribution in [0.3, 0.4) is 0 Å². The number of carbonyl (C=O) groups is 2. The summed E-state index contributed by atoms with van der Waals surface area (Å²) >= 11 is 0. The van der Waals surface area contributed by atoms with Gasteiger partial charge in [-0.15, -0.1) is 0 Å². The molecular weight excluding hydrogens is 623 g/mol. The van der Waals surface area contributed by atoms with Crippen LogP contribution in [0.5, 0.6) is 11.5 Å². The van der Waals surface area contributed by atoms with Gasteiger partial charge in [0.1, 0.15) is 35.1 Å². The highest BCUT2D eigenvalue weighted by molar-refractivity contribution is 5.99. The van der Waals surface area contributed by atoms with Crippen LogP contribution in [-0.2, 0) is 24.7 Å². The third-order valence-electron chi connectivity index (χ3n) is 10.1. The smallest absolute Gasteiger partial charge is 0.258 e. The fraction of sp³-hybridized carbons (Fsp3) is 0.368. The van der Waals surface area contributed by atoms with Crippen LogP contribution in [0.2, 0.25) is 0 Å². The first-order valence-corrected chi connectivity index (χ1v) is 17.1. The zero-order valence-corrected chi connectivity index (χ0v) is 27.8. The molecule has 0 radical (unpaired) electrons. The molecule has 252 valence electrons. The number of rotatable bonds is 1. The molecule has 1 fully saturated rings. The first-order valence-electron chi connectivity index (χ1n) is 17.1. The van der Waals surface area contributed by atoms with Crippen molar-refractivity contribution in [3.05, 3.63) is 89.6 Å². The summed E-state index contributed by atoms with van der Waals surface area (Å²) in [7, 11) is 3.78. The molecule has 0 spiro atoms. The van der Waals surface area contributed by atoms with E-state index in [1.807, 2.05) is 49.1 Å². The fourth-order valence-corrected chi connectivity index (χ4v) is 7.64. The van der Waals surface area contributed by atoms with Gasteiger partial charge in [0.2, 0.25) is 5.91 Å². The van der Waals surface area contributed by atoms with Gasteiger partial charge in [-0.2, -0.15) is 10.2 Å². The van der Waals surface area contributed by atoms with Gasteiger partial charge in [0.15, 0.2) is 0 Å². The van der Waals surface area contributed by atoms with E-state index in [4.69, 9.17) is 14.6 Å². The second-order valence-corrected chi connectivity index (χ2v) is 13.3. The van der Waals surface area contributed by atoms with E-state index in [-0.39, 0.29) is 18.4 Å².